The molecule has 0 spiro atoms. The smallest absolute Gasteiger partial charge is 0.369 e. The molecule has 0 unspecified atom stereocenters. The number of nitrogens with two attached hydrogens (primary N) is 1. The standard InChI is InChI=1S/C10H7F4IN2S2/c1-15-9(11,12)10(13,14)19-5-2-3-6-7(4-5)18-8(16)17-6/h2-4H,1H2,(H2,16,17). The number of thiazole rings is 1. The average molecular weight is 422 g/mol. The van der Waals surface area contributed by atoms with Gasteiger partial charge in [-0.2, -0.15) is 17.6 Å². The van der Waals surface area contributed by atoms with E-state index < -0.39 is 29.9 Å². The molecule has 1 aromatic heterocycles. The Balaban J connectivity index is 2.33. The molecule has 0 bridgehead atoms. The Morgan fingerprint density at radius 2 is 2.00 bits per heavy atom. The summed E-state index contributed by atoms with van der Waals surface area (Å²) in [5, 5.41) is -3.86. The molecule has 0 atom stereocenters. The van der Waals surface area contributed by atoms with Crippen LogP contribution in [0.3, 0.4) is 0 Å². The quantitative estimate of drug-likeness (QED) is 0.340. The number of halogens is 5. The van der Waals surface area contributed by atoms with Gasteiger partial charge in [-0.3, -0.25) is 0 Å². The zero-order valence-electron chi connectivity index (χ0n) is 9.17. The Labute approximate surface area is 124 Å². The highest BCUT2D eigenvalue weighted by molar-refractivity contribution is 14.2. The van der Waals surface area contributed by atoms with Crippen LogP contribution in [0.15, 0.2) is 23.1 Å². The lowest BCUT2D eigenvalue weighted by atomic mass is 10.3. The zero-order chi connectivity index (χ0) is 14.3. The van der Waals surface area contributed by atoms with E-state index in [2.05, 4.69) is 9.50 Å². The maximum Gasteiger partial charge on any atom is 0.369 e. The number of nitrogens with zero attached hydrogens (tertiary/aromatic N) is 1. The zero-order valence-corrected chi connectivity index (χ0v) is 13.0. The van der Waals surface area contributed by atoms with Gasteiger partial charge >= 0.3 is 9.18 Å². The van der Waals surface area contributed by atoms with Crippen molar-refractivity contribution >= 4 is 63.7 Å². The second kappa shape index (κ2) is 5.17. The second-order valence-corrected chi connectivity index (χ2v) is 7.80. The molecule has 2 N–H and O–H groups in total. The van der Waals surface area contributed by atoms with Crippen LogP contribution in [-0.4, -0.2) is 18.7 Å². The average Bonchev–Trinajstić information content (AvgIpc) is 2.67. The van der Waals surface area contributed by atoms with Crippen LogP contribution in [0.25, 0.3) is 10.2 Å². The van der Waals surface area contributed by atoms with Crippen molar-refractivity contribution in [3.63, 3.8) is 0 Å². The lowest BCUT2D eigenvalue weighted by Crippen LogP contribution is -2.31. The molecule has 2 rings (SSSR count). The second-order valence-electron chi connectivity index (χ2n) is 3.43. The predicted octanol–water partition coefficient (Wildman–Crippen LogP) is 4.56. The van der Waals surface area contributed by atoms with Crippen molar-refractivity contribution in [1.29, 1.82) is 0 Å². The molecule has 1 heterocycles. The lowest BCUT2D eigenvalue weighted by Gasteiger charge is -2.22. The van der Waals surface area contributed by atoms with Crippen molar-refractivity contribution in [2.45, 2.75) is 14.1 Å². The van der Waals surface area contributed by atoms with Gasteiger partial charge in [-0.25, -0.2) is 4.98 Å². The van der Waals surface area contributed by atoms with Crippen LogP contribution in [0, 0.1) is 0 Å². The number of hydrogen-bond acceptors (Lipinski definition) is 4. The highest BCUT2D eigenvalue weighted by Crippen LogP contribution is 2.52. The normalized spacial score (nSPS) is 13.1. The predicted molar refractivity (Wildman–Crippen MR) is 80.9 cm³/mol. The minimum atomic E-state index is -4.16. The third-order valence-electron chi connectivity index (χ3n) is 2.12. The summed E-state index contributed by atoms with van der Waals surface area (Å²) in [4.78, 5) is 4.02. The van der Waals surface area contributed by atoms with Gasteiger partial charge in [0.15, 0.2) is 5.13 Å². The van der Waals surface area contributed by atoms with E-state index in [4.69, 9.17) is 5.73 Å². The Morgan fingerprint density at radius 3 is 2.63 bits per heavy atom. The molecule has 0 amide bonds. The number of aromatic nitrogens is 1. The van der Waals surface area contributed by atoms with Gasteiger partial charge in [-0.15, -0.1) is 0 Å². The molecule has 19 heavy (non-hydrogen) atoms. The van der Waals surface area contributed by atoms with Crippen LogP contribution >= 0.6 is 43.8 Å². The van der Waals surface area contributed by atoms with E-state index in [1.807, 2.05) is 0 Å². The highest BCUT2D eigenvalue weighted by atomic mass is 127. The molecule has 2 aromatic rings. The molecule has 0 radical (unpaired) electrons. The Morgan fingerprint density at radius 1 is 1.32 bits per heavy atom. The summed E-state index contributed by atoms with van der Waals surface area (Å²) in [6.07, 6.45) is 0. The van der Waals surface area contributed by atoms with Crippen molar-refractivity contribution in [1.82, 2.24) is 4.98 Å². The fourth-order valence-electron chi connectivity index (χ4n) is 1.27. The van der Waals surface area contributed by atoms with Gasteiger partial charge in [-0.05, 0) is 50.7 Å². The third-order valence-corrected chi connectivity index (χ3v) is 5.97. The molecular formula is C10H7F4IN2S2. The topological polar surface area (TPSA) is 38.9 Å². The molecule has 2 nitrogen and oxygen atoms in total. The van der Waals surface area contributed by atoms with E-state index in [0.717, 1.165) is 11.3 Å². The molecule has 0 saturated heterocycles. The number of hydrogen-bond donors (Lipinski definition) is 1. The SMILES string of the molecule is C=IC(F)(F)C(F)(F)Sc1ccc2nc(N)sc2c1. The first kappa shape index (κ1) is 15.0. The molecule has 0 fully saturated rings. The molecule has 1 aromatic carbocycles. The van der Waals surface area contributed by atoms with E-state index in [1.54, 1.807) is 0 Å². The lowest BCUT2D eigenvalue weighted by molar-refractivity contribution is -0.0700. The van der Waals surface area contributed by atoms with Crippen molar-refractivity contribution in [2.75, 3.05) is 5.73 Å². The van der Waals surface area contributed by atoms with Crippen molar-refractivity contribution < 1.29 is 17.6 Å². The van der Waals surface area contributed by atoms with Crippen LogP contribution in [0.5, 0.6) is 0 Å². The van der Waals surface area contributed by atoms with Gasteiger partial charge in [-0.1, -0.05) is 15.9 Å². The molecule has 0 aliphatic rings. The van der Waals surface area contributed by atoms with Crippen LogP contribution < -0.4 is 5.73 Å². The first-order valence-corrected chi connectivity index (χ1v) is 8.99. The van der Waals surface area contributed by atoms with Crippen LogP contribution in [0.2, 0.25) is 0 Å². The number of benzene rings is 1. The first-order chi connectivity index (χ1) is 8.75. The maximum absolute atomic E-state index is 13.5. The van der Waals surface area contributed by atoms with E-state index in [0.29, 0.717) is 15.3 Å². The summed E-state index contributed by atoms with van der Waals surface area (Å²) in [6, 6.07) is 4.20. The van der Waals surface area contributed by atoms with Gasteiger partial charge in [0.2, 0.25) is 0 Å². The molecule has 0 aliphatic carbocycles. The molecule has 0 saturated carbocycles. The Hall–Kier alpha value is -0.420. The third kappa shape index (κ3) is 3.02. The first-order valence-electron chi connectivity index (χ1n) is 4.75. The largest absolute Gasteiger partial charge is 0.375 e. The van der Waals surface area contributed by atoms with Crippen molar-refractivity contribution in [3.8, 4) is 0 Å². The van der Waals surface area contributed by atoms with Gasteiger partial charge in [0.1, 0.15) is 0 Å². The number of nitrogen functional groups attached to an aromatic ring is 1. The molecule has 9 heteroatoms. The van der Waals surface area contributed by atoms with Crippen LogP contribution in [0.1, 0.15) is 0 Å². The summed E-state index contributed by atoms with van der Waals surface area (Å²) in [6.45, 7) is 0. The van der Waals surface area contributed by atoms with Crippen molar-refractivity contribution in [3.05, 3.63) is 18.2 Å². The van der Waals surface area contributed by atoms with E-state index in [-0.39, 0.29) is 16.7 Å². The minimum Gasteiger partial charge on any atom is -0.375 e. The van der Waals surface area contributed by atoms with Gasteiger partial charge < -0.3 is 5.73 Å². The monoisotopic (exact) mass is 422 g/mol. The molecule has 104 valence electrons. The summed E-state index contributed by atoms with van der Waals surface area (Å²) >= 11 is -1.18. The van der Waals surface area contributed by atoms with E-state index >= 15 is 0 Å². The van der Waals surface area contributed by atoms with Gasteiger partial charge in [0, 0.05) is 4.90 Å². The fourth-order valence-corrected chi connectivity index (χ4v) is 3.98. The Kier molecular flexibility index (Phi) is 4.07. The maximum atomic E-state index is 13.5. The van der Waals surface area contributed by atoms with Crippen LogP contribution in [-0.2, 0) is 0 Å². The summed E-state index contributed by atoms with van der Waals surface area (Å²) < 4.78 is 52.7. The van der Waals surface area contributed by atoms with E-state index in [1.165, 1.54) is 18.2 Å². The molecule has 0 aliphatic heterocycles. The number of alkyl halides is 5. The number of rotatable bonds is 4. The fraction of sp³-hybridized carbons (Fsp3) is 0.200. The number of fused-ring (bicyclic) bond motifs is 1. The molecular weight excluding hydrogens is 415 g/mol. The van der Waals surface area contributed by atoms with Crippen LogP contribution in [0.4, 0.5) is 22.7 Å². The summed E-state index contributed by atoms with van der Waals surface area (Å²) in [5.74, 6) is 0. The summed E-state index contributed by atoms with van der Waals surface area (Å²) in [5.41, 5.74) is 6.05. The highest BCUT2D eigenvalue weighted by Gasteiger charge is 2.55. The Bertz CT molecular complexity index is 629. The van der Waals surface area contributed by atoms with Crippen molar-refractivity contribution in [2.24, 2.45) is 0 Å². The number of thioether (sulfide) groups is 1. The van der Waals surface area contributed by atoms with E-state index in [9.17, 15) is 17.6 Å². The number of anilines is 1. The van der Waals surface area contributed by atoms with Gasteiger partial charge in [0.25, 0.3) is 0 Å². The van der Waals surface area contributed by atoms with Gasteiger partial charge in [0.05, 0.1) is 10.2 Å². The minimum absolute atomic E-state index is 0.0540. The summed E-state index contributed by atoms with van der Waals surface area (Å²) in [7, 11) is 0.